The minimum Gasteiger partial charge on any atom is -0.343 e. The van der Waals surface area contributed by atoms with Gasteiger partial charge in [-0.1, -0.05) is 37.3 Å². The van der Waals surface area contributed by atoms with E-state index in [1.807, 2.05) is 49.1 Å². The quantitative estimate of drug-likeness (QED) is 0.601. The molecule has 0 bridgehead atoms. The van der Waals surface area contributed by atoms with Crippen molar-refractivity contribution in [1.29, 1.82) is 0 Å². The standard InChI is InChI=1S/C25H32N4O3S/c1-3-25(23(31)29(24(32)27-25)16-13-21-18(2)26-17-33-21)20-11-14-28(15-12-20)22(30)10-9-19-7-5-4-6-8-19/h4-8,17,20H,3,9-16H2,1-2H3,(H,27,32). The predicted molar refractivity (Wildman–Crippen MR) is 128 cm³/mol. The van der Waals surface area contributed by atoms with E-state index < -0.39 is 5.54 Å². The number of urea groups is 1. The number of aromatic nitrogens is 1. The third-order valence-corrected chi connectivity index (χ3v) is 8.18. The van der Waals surface area contributed by atoms with Crippen LogP contribution in [-0.4, -0.2) is 57.8 Å². The molecular formula is C25H32N4O3S. The smallest absolute Gasteiger partial charge is 0.325 e. The van der Waals surface area contributed by atoms with Crippen LogP contribution >= 0.6 is 11.3 Å². The highest BCUT2D eigenvalue weighted by atomic mass is 32.1. The van der Waals surface area contributed by atoms with Gasteiger partial charge in [0.1, 0.15) is 5.54 Å². The molecular weight excluding hydrogens is 436 g/mol. The summed E-state index contributed by atoms with van der Waals surface area (Å²) in [5.41, 5.74) is 3.05. The van der Waals surface area contributed by atoms with Gasteiger partial charge in [0.25, 0.3) is 5.91 Å². The molecule has 1 unspecified atom stereocenters. The SMILES string of the molecule is CCC1(C2CCN(C(=O)CCc3ccccc3)CC2)NC(=O)N(CCc2scnc2C)C1=O. The van der Waals surface area contributed by atoms with E-state index in [-0.39, 0.29) is 23.8 Å². The number of piperidine rings is 1. The summed E-state index contributed by atoms with van der Waals surface area (Å²) in [6.45, 7) is 5.54. The average molecular weight is 469 g/mol. The lowest BCUT2D eigenvalue weighted by Gasteiger charge is -2.40. The molecule has 4 rings (SSSR count). The molecule has 1 aromatic heterocycles. The third-order valence-electron chi connectivity index (χ3n) is 7.18. The number of hydrogen-bond acceptors (Lipinski definition) is 5. The number of thiazole rings is 1. The maximum Gasteiger partial charge on any atom is 0.325 e. The Morgan fingerprint density at radius 1 is 1.18 bits per heavy atom. The van der Waals surface area contributed by atoms with E-state index >= 15 is 0 Å². The summed E-state index contributed by atoms with van der Waals surface area (Å²) in [6.07, 6.45) is 3.86. The van der Waals surface area contributed by atoms with Crippen LogP contribution in [0.4, 0.5) is 4.79 Å². The predicted octanol–water partition coefficient (Wildman–Crippen LogP) is 3.57. The number of amides is 4. The summed E-state index contributed by atoms with van der Waals surface area (Å²) >= 11 is 1.56. The molecule has 0 saturated carbocycles. The van der Waals surface area contributed by atoms with Crippen molar-refractivity contribution in [3.8, 4) is 0 Å². The topological polar surface area (TPSA) is 82.6 Å². The lowest BCUT2D eigenvalue weighted by molar-refractivity contribution is -0.136. The number of aryl methyl sites for hydroxylation is 2. The van der Waals surface area contributed by atoms with Crippen molar-refractivity contribution in [3.63, 3.8) is 0 Å². The lowest BCUT2D eigenvalue weighted by Crippen LogP contribution is -2.56. The van der Waals surface area contributed by atoms with Crippen LogP contribution in [0.2, 0.25) is 0 Å². The number of nitrogens with zero attached hydrogens (tertiary/aromatic N) is 3. The van der Waals surface area contributed by atoms with Crippen LogP contribution in [0.1, 0.15) is 48.7 Å². The number of imide groups is 1. The molecule has 3 heterocycles. The Morgan fingerprint density at radius 2 is 1.91 bits per heavy atom. The Balaban J connectivity index is 1.34. The summed E-state index contributed by atoms with van der Waals surface area (Å²) in [4.78, 5) is 47.6. The summed E-state index contributed by atoms with van der Waals surface area (Å²) in [7, 11) is 0. The number of benzene rings is 1. The first-order valence-corrected chi connectivity index (χ1v) is 12.7. The van der Waals surface area contributed by atoms with Gasteiger partial charge in [-0.05, 0) is 44.1 Å². The van der Waals surface area contributed by atoms with Gasteiger partial charge in [0.05, 0.1) is 11.2 Å². The third kappa shape index (κ3) is 4.81. The summed E-state index contributed by atoms with van der Waals surface area (Å²) < 4.78 is 0. The zero-order valence-corrected chi connectivity index (χ0v) is 20.2. The molecule has 2 aliphatic rings. The van der Waals surface area contributed by atoms with Crippen molar-refractivity contribution in [1.82, 2.24) is 20.1 Å². The fourth-order valence-electron chi connectivity index (χ4n) is 5.11. The zero-order chi connectivity index (χ0) is 23.4. The van der Waals surface area contributed by atoms with Crippen molar-refractivity contribution in [2.45, 2.75) is 57.9 Å². The van der Waals surface area contributed by atoms with Gasteiger partial charge in [-0.15, -0.1) is 11.3 Å². The monoisotopic (exact) mass is 468 g/mol. The molecule has 2 fully saturated rings. The van der Waals surface area contributed by atoms with Gasteiger partial charge in [0, 0.05) is 37.4 Å². The molecule has 2 saturated heterocycles. The van der Waals surface area contributed by atoms with Gasteiger partial charge in [-0.3, -0.25) is 14.5 Å². The summed E-state index contributed by atoms with van der Waals surface area (Å²) in [5, 5.41) is 3.04. The fraction of sp³-hybridized carbons (Fsp3) is 0.520. The van der Waals surface area contributed by atoms with Crippen molar-refractivity contribution in [2.75, 3.05) is 19.6 Å². The Labute approximate surface area is 199 Å². The molecule has 1 N–H and O–H groups in total. The van der Waals surface area contributed by atoms with E-state index in [4.69, 9.17) is 0 Å². The fourth-order valence-corrected chi connectivity index (χ4v) is 5.88. The van der Waals surface area contributed by atoms with Crippen LogP contribution in [0.5, 0.6) is 0 Å². The number of hydrogen-bond donors (Lipinski definition) is 1. The first kappa shape index (κ1) is 23.4. The second-order valence-corrected chi connectivity index (χ2v) is 9.90. The van der Waals surface area contributed by atoms with Crippen molar-refractivity contribution in [3.05, 3.63) is 52.0 Å². The molecule has 2 aromatic rings. The Morgan fingerprint density at radius 3 is 2.55 bits per heavy atom. The van der Waals surface area contributed by atoms with E-state index in [2.05, 4.69) is 10.3 Å². The van der Waals surface area contributed by atoms with Gasteiger partial charge in [0.2, 0.25) is 5.91 Å². The number of carbonyl (C=O) groups is 3. The molecule has 0 spiro atoms. The van der Waals surface area contributed by atoms with Crippen molar-refractivity contribution < 1.29 is 14.4 Å². The minimum absolute atomic E-state index is 0.0345. The maximum absolute atomic E-state index is 13.4. The molecule has 7 nitrogen and oxygen atoms in total. The number of likely N-dealkylation sites (tertiary alicyclic amines) is 1. The van der Waals surface area contributed by atoms with Gasteiger partial charge in [-0.2, -0.15) is 0 Å². The maximum atomic E-state index is 13.4. The highest BCUT2D eigenvalue weighted by molar-refractivity contribution is 7.09. The van der Waals surface area contributed by atoms with Crippen LogP contribution < -0.4 is 5.32 Å². The molecule has 33 heavy (non-hydrogen) atoms. The molecule has 0 aliphatic carbocycles. The highest BCUT2D eigenvalue weighted by Crippen LogP contribution is 2.36. The first-order valence-electron chi connectivity index (χ1n) is 11.8. The van der Waals surface area contributed by atoms with E-state index in [0.29, 0.717) is 38.9 Å². The number of rotatable bonds is 8. The second kappa shape index (κ2) is 10.0. The summed E-state index contributed by atoms with van der Waals surface area (Å²) in [5.74, 6) is 0.0736. The van der Waals surface area contributed by atoms with Gasteiger partial charge in [0.15, 0.2) is 0 Å². The molecule has 1 atom stereocenters. The van der Waals surface area contributed by atoms with Crippen LogP contribution in [-0.2, 0) is 22.4 Å². The normalized spacial score (nSPS) is 21.5. The Kier molecular flexibility index (Phi) is 7.12. The van der Waals surface area contributed by atoms with Gasteiger partial charge < -0.3 is 10.2 Å². The molecule has 0 radical (unpaired) electrons. The Bertz CT molecular complexity index is 1000. The van der Waals surface area contributed by atoms with Crippen LogP contribution in [0.15, 0.2) is 35.8 Å². The van der Waals surface area contributed by atoms with Crippen LogP contribution in [0, 0.1) is 12.8 Å². The molecule has 1 aromatic carbocycles. The lowest BCUT2D eigenvalue weighted by atomic mass is 9.75. The zero-order valence-electron chi connectivity index (χ0n) is 19.4. The molecule has 8 heteroatoms. The average Bonchev–Trinajstić information content (AvgIpc) is 3.36. The Hall–Kier alpha value is -2.74. The number of carbonyl (C=O) groups excluding carboxylic acids is 3. The number of nitrogens with one attached hydrogen (secondary N) is 1. The minimum atomic E-state index is -0.862. The molecule has 4 amide bonds. The van der Waals surface area contributed by atoms with E-state index in [0.717, 1.165) is 29.8 Å². The van der Waals surface area contributed by atoms with E-state index in [1.165, 1.54) is 10.5 Å². The molecule has 2 aliphatic heterocycles. The largest absolute Gasteiger partial charge is 0.343 e. The van der Waals surface area contributed by atoms with Crippen molar-refractivity contribution in [2.24, 2.45) is 5.92 Å². The van der Waals surface area contributed by atoms with Gasteiger partial charge in [-0.25, -0.2) is 9.78 Å². The van der Waals surface area contributed by atoms with Crippen LogP contribution in [0.25, 0.3) is 0 Å². The molecule has 176 valence electrons. The first-order chi connectivity index (χ1) is 15.9. The van der Waals surface area contributed by atoms with Gasteiger partial charge >= 0.3 is 6.03 Å². The van der Waals surface area contributed by atoms with Crippen LogP contribution in [0.3, 0.4) is 0 Å². The van der Waals surface area contributed by atoms with Crippen molar-refractivity contribution >= 4 is 29.2 Å². The van der Waals surface area contributed by atoms with E-state index in [9.17, 15) is 14.4 Å². The summed E-state index contributed by atoms with van der Waals surface area (Å²) in [6, 6.07) is 9.74. The second-order valence-electron chi connectivity index (χ2n) is 8.96. The van der Waals surface area contributed by atoms with E-state index in [1.54, 1.807) is 16.8 Å². The highest BCUT2D eigenvalue weighted by Gasteiger charge is 2.54.